The van der Waals surface area contributed by atoms with Gasteiger partial charge in [0.15, 0.2) is 0 Å². The SMILES string of the molecule is O=C(C[C@@H]1C[C@@H]2CC[C@@H]1C2)NCc1ccccc1Cl. The van der Waals surface area contributed by atoms with Crippen LogP contribution in [0.5, 0.6) is 0 Å². The zero-order valence-corrected chi connectivity index (χ0v) is 11.8. The second kappa shape index (κ2) is 5.54. The first-order valence-electron chi connectivity index (χ1n) is 7.22. The number of nitrogens with one attached hydrogen (secondary N) is 1. The number of hydrogen-bond acceptors (Lipinski definition) is 1. The standard InChI is InChI=1S/C16H20ClNO/c17-15-4-2-1-3-13(15)10-18-16(19)9-14-8-11-5-6-12(14)7-11/h1-4,11-12,14H,5-10H2,(H,18,19)/t11-,12-,14+/m1/s1. The molecule has 0 saturated heterocycles. The molecule has 1 amide bonds. The Balaban J connectivity index is 1.48. The fraction of sp³-hybridized carbons (Fsp3) is 0.562. The van der Waals surface area contributed by atoms with Gasteiger partial charge in [-0.2, -0.15) is 0 Å². The van der Waals surface area contributed by atoms with Gasteiger partial charge in [-0.15, -0.1) is 0 Å². The van der Waals surface area contributed by atoms with Crippen LogP contribution in [0.2, 0.25) is 5.02 Å². The molecule has 0 unspecified atom stereocenters. The van der Waals surface area contributed by atoms with Gasteiger partial charge < -0.3 is 5.32 Å². The molecule has 2 saturated carbocycles. The third-order valence-electron chi connectivity index (χ3n) is 4.77. The van der Waals surface area contributed by atoms with E-state index in [1.807, 2.05) is 24.3 Å². The summed E-state index contributed by atoms with van der Waals surface area (Å²) in [6.07, 6.45) is 6.06. The third kappa shape index (κ3) is 2.94. The average Bonchev–Trinajstić information content (AvgIpc) is 3.00. The van der Waals surface area contributed by atoms with Crippen LogP contribution in [0.3, 0.4) is 0 Å². The largest absolute Gasteiger partial charge is 0.352 e. The molecule has 0 radical (unpaired) electrons. The van der Waals surface area contributed by atoms with Gasteiger partial charge in [0.05, 0.1) is 0 Å². The summed E-state index contributed by atoms with van der Waals surface area (Å²) < 4.78 is 0. The number of fused-ring (bicyclic) bond motifs is 2. The van der Waals surface area contributed by atoms with E-state index in [0.29, 0.717) is 18.9 Å². The molecule has 1 aromatic rings. The average molecular weight is 278 g/mol. The molecule has 3 heteroatoms. The smallest absolute Gasteiger partial charge is 0.220 e. The molecule has 1 N–H and O–H groups in total. The van der Waals surface area contributed by atoms with Crippen LogP contribution < -0.4 is 5.32 Å². The van der Waals surface area contributed by atoms with E-state index >= 15 is 0 Å². The minimum atomic E-state index is 0.178. The van der Waals surface area contributed by atoms with Crippen molar-refractivity contribution >= 4 is 17.5 Å². The van der Waals surface area contributed by atoms with Crippen LogP contribution in [0.1, 0.15) is 37.7 Å². The van der Waals surface area contributed by atoms with Gasteiger partial charge in [-0.25, -0.2) is 0 Å². The first-order valence-corrected chi connectivity index (χ1v) is 7.60. The van der Waals surface area contributed by atoms with E-state index in [-0.39, 0.29) is 5.91 Å². The number of halogens is 1. The maximum absolute atomic E-state index is 12.0. The maximum Gasteiger partial charge on any atom is 0.220 e. The second-order valence-electron chi connectivity index (χ2n) is 6.01. The summed E-state index contributed by atoms with van der Waals surface area (Å²) in [5, 5.41) is 3.73. The summed E-state index contributed by atoms with van der Waals surface area (Å²) in [4.78, 5) is 12.0. The Hall–Kier alpha value is -1.02. The molecule has 102 valence electrons. The predicted molar refractivity (Wildman–Crippen MR) is 76.9 cm³/mol. The van der Waals surface area contributed by atoms with Crippen LogP contribution in [-0.4, -0.2) is 5.91 Å². The highest BCUT2D eigenvalue weighted by Gasteiger charge is 2.39. The molecule has 3 atom stereocenters. The van der Waals surface area contributed by atoms with Gasteiger partial charge in [-0.05, 0) is 48.6 Å². The Kier molecular flexibility index (Phi) is 3.79. The zero-order chi connectivity index (χ0) is 13.2. The number of benzene rings is 1. The molecular weight excluding hydrogens is 258 g/mol. The van der Waals surface area contributed by atoms with Crippen molar-refractivity contribution in [3.05, 3.63) is 34.9 Å². The molecule has 2 aliphatic carbocycles. The molecule has 0 spiro atoms. The van der Waals surface area contributed by atoms with Crippen molar-refractivity contribution < 1.29 is 4.79 Å². The lowest BCUT2D eigenvalue weighted by Gasteiger charge is -2.20. The number of carbonyl (C=O) groups is 1. The van der Waals surface area contributed by atoms with E-state index in [9.17, 15) is 4.79 Å². The Morgan fingerprint density at radius 3 is 2.79 bits per heavy atom. The Labute approximate surface area is 119 Å². The van der Waals surface area contributed by atoms with Crippen LogP contribution >= 0.6 is 11.6 Å². The molecule has 2 aliphatic rings. The van der Waals surface area contributed by atoms with Crippen molar-refractivity contribution in [2.24, 2.45) is 17.8 Å². The first-order chi connectivity index (χ1) is 9.22. The van der Waals surface area contributed by atoms with Crippen LogP contribution in [0.4, 0.5) is 0 Å². The summed E-state index contributed by atoms with van der Waals surface area (Å²) in [7, 11) is 0. The summed E-state index contributed by atoms with van der Waals surface area (Å²) in [5.74, 6) is 2.53. The molecule has 0 aromatic heterocycles. The van der Waals surface area contributed by atoms with Gasteiger partial charge in [-0.1, -0.05) is 36.2 Å². The van der Waals surface area contributed by atoms with E-state index in [2.05, 4.69) is 5.32 Å². The van der Waals surface area contributed by atoms with Gasteiger partial charge in [0.1, 0.15) is 0 Å². The van der Waals surface area contributed by atoms with E-state index < -0.39 is 0 Å². The van der Waals surface area contributed by atoms with Gasteiger partial charge >= 0.3 is 0 Å². The van der Waals surface area contributed by atoms with Crippen molar-refractivity contribution in [2.75, 3.05) is 0 Å². The van der Waals surface area contributed by atoms with Crippen molar-refractivity contribution in [3.8, 4) is 0 Å². The number of carbonyl (C=O) groups excluding carboxylic acids is 1. The first kappa shape index (κ1) is 13.0. The molecule has 0 aliphatic heterocycles. The van der Waals surface area contributed by atoms with Gasteiger partial charge in [0.25, 0.3) is 0 Å². The lowest BCUT2D eigenvalue weighted by Crippen LogP contribution is -2.27. The van der Waals surface area contributed by atoms with E-state index in [1.165, 1.54) is 25.7 Å². The highest BCUT2D eigenvalue weighted by Crippen LogP contribution is 2.49. The quantitative estimate of drug-likeness (QED) is 0.891. The zero-order valence-electron chi connectivity index (χ0n) is 11.1. The Morgan fingerprint density at radius 1 is 1.26 bits per heavy atom. The maximum atomic E-state index is 12.0. The van der Waals surface area contributed by atoms with E-state index in [4.69, 9.17) is 11.6 Å². The molecule has 2 bridgehead atoms. The number of hydrogen-bond donors (Lipinski definition) is 1. The van der Waals surface area contributed by atoms with Gasteiger partial charge in [0, 0.05) is 18.0 Å². The second-order valence-corrected chi connectivity index (χ2v) is 6.41. The van der Waals surface area contributed by atoms with Gasteiger partial charge in [-0.3, -0.25) is 4.79 Å². The lowest BCUT2D eigenvalue weighted by molar-refractivity contribution is -0.122. The van der Waals surface area contributed by atoms with Crippen LogP contribution in [0.25, 0.3) is 0 Å². The molecule has 3 rings (SSSR count). The normalized spacial score (nSPS) is 28.6. The summed E-state index contributed by atoms with van der Waals surface area (Å²) in [5.41, 5.74) is 0.991. The predicted octanol–water partition coefficient (Wildman–Crippen LogP) is 3.78. The molecule has 2 nitrogen and oxygen atoms in total. The van der Waals surface area contributed by atoms with Crippen molar-refractivity contribution in [3.63, 3.8) is 0 Å². The van der Waals surface area contributed by atoms with Gasteiger partial charge in [0.2, 0.25) is 5.91 Å². The van der Waals surface area contributed by atoms with Crippen molar-refractivity contribution in [1.29, 1.82) is 0 Å². The fourth-order valence-corrected chi connectivity index (χ4v) is 3.97. The molecule has 0 heterocycles. The fourth-order valence-electron chi connectivity index (χ4n) is 3.77. The monoisotopic (exact) mass is 277 g/mol. The molecule has 19 heavy (non-hydrogen) atoms. The Bertz CT molecular complexity index is 474. The number of rotatable bonds is 4. The van der Waals surface area contributed by atoms with Crippen molar-refractivity contribution in [2.45, 2.75) is 38.6 Å². The van der Waals surface area contributed by atoms with Crippen LogP contribution in [0.15, 0.2) is 24.3 Å². The minimum Gasteiger partial charge on any atom is -0.352 e. The minimum absolute atomic E-state index is 0.178. The topological polar surface area (TPSA) is 29.1 Å². The number of amides is 1. The highest BCUT2D eigenvalue weighted by atomic mass is 35.5. The van der Waals surface area contributed by atoms with E-state index in [1.54, 1.807) is 0 Å². The molecular formula is C16H20ClNO. The summed E-state index contributed by atoms with van der Waals surface area (Å²) in [6, 6.07) is 7.67. The molecule has 2 fully saturated rings. The van der Waals surface area contributed by atoms with E-state index in [0.717, 1.165) is 22.4 Å². The molecule has 1 aromatic carbocycles. The van der Waals surface area contributed by atoms with Crippen molar-refractivity contribution in [1.82, 2.24) is 5.32 Å². The van der Waals surface area contributed by atoms with Crippen LogP contribution in [0, 0.1) is 17.8 Å². The highest BCUT2D eigenvalue weighted by molar-refractivity contribution is 6.31. The van der Waals surface area contributed by atoms with Crippen LogP contribution in [-0.2, 0) is 11.3 Å². The summed E-state index contributed by atoms with van der Waals surface area (Å²) in [6.45, 7) is 0.541. The Morgan fingerprint density at radius 2 is 2.11 bits per heavy atom. The summed E-state index contributed by atoms with van der Waals surface area (Å²) >= 11 is 6.08. The lowest BCUT2D eigenvalue weighted by atomic mass is 9.86. The third-order valence-corrected chi connectivity index (χ3v) is 5.13.